The number of halogens is 1. The molecule has 0 amide bonds. The Morgan fingerprint density at radius 2 is 1.67 bits per heavy atom. The Morgan fingerprint density at radius 3 is 2.37 bits per heavy atom. The fraction of sp³-hybridized carbons (Fsp3) is 0.348. The summed E-state index contributed by atoms with van der Waals surface area (Å²) in [6.07, 6.45) is 3.37. The van der Waals surface area contributed by atoms with Crippen molar-refractivity contribution in [2.45, 2.75) is 26.2 Å². The van der Waals surface area contributed by atoms with Gasteiger partial charge in [-0.3, -0.25) is 4.79 Å². The maximum atomic E-state index is 13.2. The Labute approximate surface area is 167 Å². The van der Waals surface area contributed by atoms with Gasteiger partial charge in [0.25, 0.3) is 0 Å². The Kier molecular flexibility index (Phi) is 3.94. The van der Waals surface area contributed by atoms with Crippen molar-refractivity contribution in [2.24, 2.45) is 23.7 Å². The second-order valence-electron chi connectivity index (χ2n) is 8.04. The van der Waals surface area contributed by atoms with Crippen LogP contribution in [0.15, 0.2) is 52.7 Å². The SMILES string of the molecule is Cc1ccc(Oc2ccc(Br)cc2)cc1C1=C(O)[C@H]2[C@H]3CC[C@H](C3)[C@H]2C1=O. The molecule has 0 saturated heterocycles. The molecule has 0 aromatic heterocycles. The molecular weight excluding hydrogens is 404 g/mol. The van der Waals surface area contributed by atoms with Gasteiger partial charge in [-0.15, -0.1) is 0 Å². The van der Waals surface area contributed by atoms with E-state index in [4.69, 9.17) is 4.74 Å². The topological polar surface area (TPSA) is 46.5 Å². The lowest BCUT2D eigenvalue weighted by molar-refractivity contribution is -0.118. The number of aliphatic hydroxyl groups excluding tert-OH is 1. The second kappa shape index (κ2) is 6.23. The molecule has 1 N–H and O–H groups in total. The standard InChI is InChI=1S/C23H21BrO3/c1-12-2-7-17(27-16-8-5-15(24)6-9-16)11-18(12)21-22(25)19-13-3-4-14(10-13)20(19)23(21)26/h2,5-9,11,13-14,19-20,25H,3-4,10H2,1H3/t13-,14+,19-,20+/m0/s1. The summed E-state index contributed by atoms with van der Waals surface area (Å²) in [6, 6.07) is 13.4. The number of carbonyl (C=O) groups excluding carboxylic acids is 1. The predicted molar refractivity (Wildman–Crippen MR) is 108 cm³/mol. The number of benzene rings is 2. The van der Waals surface area contributed by atoms with Crippen LogP contribution < -0.4 is 4.74 Å². The Balaban J connectivity index is 1.51. The molecule has 4 atom stereocenters. The van der Waals surface area contributed by atoms with Crippen molar-refractivity contribution >= 4 is 27.3 Å². The molecule has 0 spiro atoms. The van der Waals surface area contributed by atoms with Gasteiger partial charge >= 0.3 is 0 Å². The van der Waals surface area contributed by atoms with Crippen LogP contribution in [0.4, 0.5) is 0 Å². The molecule has 4 heteroatoms. The first kappa shape index (κ1) is 17.1. The first-order valence-corrected chi connectivity index (χ1v) is 10.3. The van der Waals surface area contributed by atoms with Gasteiger partial charge in [-0.2, -0.15) is 0 Å². The minimum Gasteiger partial charge on any atom is -0.511 e. The van der Waals surface area contributed by atoms with E-state index < -0.39 is 0 Å². The summed E-state index contributed by atoms with van der Waals surface area (Å²) < 4.78 is 6.96. The van der Waals surface area contributed by atoms with E-state index in [0.29, 0.717) is 28.9 Å². The van der Waals surface area contributed by atoms with E-state index in [2.05, 4.69) is 15.9 Å². The van der Waals surface area contributed by atoms with E-state index in [1.54, 1.807) is 0 Å². The van der Waals surface area contributed by atoms with Crippen LogP contribution in [0.5, 0.6) is 11.5 Å². The predicted octanol–water partition coefficient (Wildman–Crippen LogP) is 6.06. The Morgan fingerprint density at radius 1 is 1.00 bits per heavy atom. The van der Waals surface area contributed by atoms with E-state index >= 15 is 0 Å². The number of ketones is 1. The summed E-state index contributed by atoms with van der Waals surface area (Å²) in [4.78, 5) is 13.2. The van der Waals surface area contributed by atoms with Gasteiger partial charge < -0.3 is 9.84 Å². The van der Waals surface area contributed by atoms with Crippen molar-refractivity contribution in [2.75, 3.05) is 0 Å². The fourth-order valence-corrected chi connectivity index (χ4v) is 5.63. The van der Waals surface area contributed by atoms with E-state index in [1.807, 2.05) is 49.4 Å². The third kappa shape index (κ3) is 2.65. The number of aryl methyl sites for hydroxylation is 1. The number of Topliss-reactive ketones (excluding diaryl/α,β-unsaturated/α-hetero) is 1. The molecule has 2 aromatic rings. The largest absolute Gasteiger partial charge is 0.511 e. The highest BCUT2D eigenvalue weighted by Gasteiger charge is 2.57. The first-order chi connectivity index (χ1) is 13.0. The first-order valence-electron chi connectivity index (χ1n) is 9.54. The lowest BCUT2D eigenvalue weighted by Crippen LogP contribution is -2.24. The summed E-state index contributed by atoms with van der Waals surface area (Å²) in [7, 11) is 0. The molecule has 3 aliphatic carbocycles. The molecular formula is C23H21BrO3. The average Bonchev–Trinajstić information content (AvgIpc) is 3.33. The number of hydrogen-bond donors (Lipinski definition) is 1. The normalized spacial score (nSPS) is 28.7. The minimum absolute atomic E-state index is 0.00537. The van der Waals surface area contributed by atoms with Crippen molar-refractivity contribution in [1.29, 1.82) is 0 Å². The van der Waals surface area contributed by atoms with Gasteiger partial charge in [0.15, 0.2) is 5.78 Å². The smallest absolute Gasteiger partial charge is 0.170 e. The zero-order valence-corrected chi connectivity index (χ0v) is 16.7. The third-order valence-electron chi connectivity index (χ3n) is 6.57. The van der Waals surface area contributed by atoms with Gasteiger partial charge in [0.1, 0.15) is 17.3 Å². The van der Waals surface area contributed by atoms with Crippen molar-refractivity contribution < 1.29 is 14.6 Å². The van der Waals surface area contributed by atoms with Gasteiger partial charge in [0.2, 0.25) is 0 Å². The van der Waals surface area contributed by atoms with E-state index in [-0.39, 0.29) is 17.6 Å². The quantitative estimate of drug-likeness (QED) is 0.650. The van der Waals surface area contributed by atoms with Crippen LogP contribution in [0, 0.1) is 30.6 Å². The van der Waals surface area contributed by atoms with E-state index in [1.165, 1.54) is 0 Å². The summed E-state index contributed by atoms with van der Waals surface area (Å²) in [5, 5.41) is 11.0. The van der Waals surface area contributed by atoms with E-state index in [0.717, 1.165) is 40.6 Å². The average molecular weight is 425 g/mol. The van der Waals surface area contributed by atoms with Gasteiger partial charge in [-0.05, 0) is 85.5 Å². The Hall–Kier alpha value is -2.07. The van der Waals surface area contributed by atoms with Crippen molar-refractivity contribution in [1.82, 2.24) is 0 Å². The van der Waals surface area contributed by atoms with Crippen LogP contribution in [0.25, 0.3) is 5.57 Å². The molecule has 2 bridgehead atoms. The number of aliphatic hydroxyl groups is 1. The van der Waals surface area contributed by atoms with Gasteiger partial charge in [0, 0.05) is 16.3 Å². The molecule has 2 fully saturated rings. The summed E-state index contributed by atoms with van der Waals surface area (Å²) in [5.74, 6) is 2.83. The number of rotatable bonds is 3. The molecule has 0 aliphatic heterocycles. The van der Waals surface area contributed by atoms with Crippen LogP contribution in [0.1, 0.15) is 30.4 Å². The van der Waals surface area contributed by atoms with Crippen molar-refractivity contribution in [3.8, 4) is 11.5 Å². The van der Waals surface area contributed by atoms with E-state index in [9.17, 15) is 9.90 Å². The Bertz CT molecular complexity index is 960. The van der Waals surface area contributed by atoms with Gasteiger partial charge in [0.05, 0.1) is 5.57 Å². The zero-order chi connectivity index (χ0) is 18.7. The number of allylic oxidation sites excluding steroid dienone is 2. The number of carbonyl (C=O) groups is 1. The molecule has 3 aliphatic rings. The summed E-state index contributed by atoms with van der Waals surface area (Å²) >= 11 is 3.42. The molecule has 2 saturated carbocycles. The number of fused-ring (bicyclic) bond motifs is 5. The zero-order valence-electron chi connectivity index (χ0n) is 15.1. The highest BCUT2D eigenvalue weighted by molar-refractivity contribution is 9.10. The molecule has 5 rings (SSSR count). The molecule has 0 radical (unpaired) electrons. The van der Waals surface area contributed by atoms with Crippen LogP contribution in [0.2, 0.25) is 0 Å². The van der Waals surface area contributed by atoms with Crippen LogP contribution >= 0.6 is 15.9 Å². The van der Waals surface area contributed by atoms with Crippen LogP contribution in [-0.2, 0) is 4.79 Å². The molecule has 3 nitrogen and oxygen atoms in total. The number of ether oxygens (including phenoxy) is 1. The third-order valence-corrected chi connectivity index (χ3v) is 7.09. The van der Waals surface area contributed by atoms with Crippen molar-refractivity contribution in [3.63, 3.8) is 0 Å². The maximum absolute atomic E-state index is 13.2. The molecule has 2 aromatic carbocycles. The molecule has 27 heavy (non-hydrogen) atoms. The number of hydrogen-bond acceptors (Lipinski definition) is 3. The van der Waals surface area contributed by atoms with Crippen LogP contribution in [0.3, 0.4) is 0 Å². The fourth-order valence-electron chi connectivity index (χ4n) is 5.36. The maximum Gasteiger partial charge on any atom is 0.170 e. The summed E-state index contributed by atoms with van der Waals surface area (Å²) in [6.45, 7) is 1.98. The molecule has 138 valence electrons. The molecule has 0 heterocycles. The molecule has 0 unspecified atom stereocenters. The lowest BCUT2D eigenvalue weighted by atomic mass is 9.80. The van der Waals surface area contributed by atoms with Gasteiger partial charge in [-0.1, -0.05) is 22.0 Å². The lowest BCUT2D eigenvalue weighted by Gasteiger charge is -2.23. The summed E-state index contributed by atoms with van der Waals surface area (Å²) in [5.41, 5.74) is 2.32. The van der Waals surface area contributed by atoms with Crippen molar-refractivity contribution in [3.05, 3.63) is 63.8 Å². The highest BCUT2D eigenvalue weighted by atomic mass is 79.9. The minimum atomic E-state index is -0.00537. The second-order valence-corrected chi connectivity index (χ2v) is 8.96. The highest BCUT2D eigenvalue weighted by Crippen LogP contribution is 2.60. The van der Waals surface area contributed by atoms with Gasteiger partial charge in [-0.25, -0.2) is 0 Å². The van der Waals surface area contributed by atoms with Crippen LogP contribution in [-0.4, -0.2) is 10.9 Å². The monoisotopic (exact) mass is 424 g/mol.